The molecule has 0 radical (unpaired) electrons. The zero-order valence-corrected chi connectivity index (χ0v) is 18.7. The van der Waals surface area contributed by atoms with Gasteiger partial charge in [-0.25, -0.2) is 4.79 Å². The maximum Gasteiger partial charge on any atom is 0.338 e. The molecular weight excluding hydrogens is 372 g/mol. The SMILES string of the molecule is C=C(C)[C@H]1CC/C(C)=C/CC/C(C)=C\CC/C(COC(=O)c2ccccc2)=C/[C@@H]1O. The third-order valence-corrected chi connectivity index (χ3v) is 5.69. The highest BCUT2D eigenvalue weighted by Gasteiger charge is 2.19. The van der Waals surface area contributed by atoms with Crippen molar-refractivity contribution in [3.8, 4) is 0 Å². The van der Waals surface area contributed by atoms with Crippen molar-refractivity contribution in [2.45, 2.75) is 65.4 Å². The first-order chi connectivity index (χ1) is 14.4. The molecule has 0 aromatic heterocycles. The summed E-state index contributed by atoms with van der Waals surface area (Å²) in [5.41, 5.74) is 5.20. The average Bonchev–Trinajstić information content (AvgIpc) is 2.71. The Labute approximate surface area is 181 Å². The van der Waals surface area contributed by atoms with Gasteiger partial charge < -0.3 is 9.84 Å². The Hall–Kier alpha value is -2.39. The van der Waals surface area contributed by atoms with Gasteiger partial charge in [-0.05, 0) is 77.0 Å². The molecule has 0 amide bonds. The molecule has 2 atom stereocenters. The average molecular weight is 409 g/mol. The summed E-state index contributed by atoms with van der Waals surface area (Å²) in [6.45, 7) is 10.6. The van der Waals surface area contributed by atoms with Gasteiger partial charge in [0.2, 0.25) is 0 Å². The molecular formula is C27H36O3. The second kappa shape index (κ2) is 12.3. The standard InChI is InChI=1S/C27H36O3/c1-20(2)25-17-16-22(4)11-8-10-21(3)12-9-13-23(18-26(25)28)19-30-27(29)24-14-6-5-7-15-24/h5-7,11-12,14-15,18,25-26,28H,1,8-10,13,16-17,19H2,2-4H3/b21-12-,22-11+,23-18-/t25-,26+/m1/s1. The van der Waals surface area contributed by atoms with E-state index < -0.39 is 6.10 Å². The molecule has 2 rings (SSSR count). The predicted molar refractivity (Wildman–Crippen MR) is 124 cm³/mol. The van der Waals surface area contributed by atoms with E-state index in [-0.39, 0.29) is 18.5 Å². The highest BCUT2D eigenvalue weighted by Crippen LogP contribution is 2.25. The van der Waals surface area contributed by atoms with Gasteiger partial charge in [0.25, 0.3) is 0 Å². The van der Waals surface area contributed by atoms with Gasteiger partial charge in [0.05, 0.1) is 11.7 Å². The number of rotatable bonds is 4. The summed E-state index contributed by atoms with van der Waals surface area (Å²) in [5, 5.41) is 10.9. The number of allylic oxidation sites excluding steroid dienone is 4. The van der Waals surface area contributed by atoms with Crippen LogP contribution in [0.15, 0.2) is 77.4 Å². The topological polar surface area (TPSA) is 46.5 Å². The van der Waals surface area contributed by atoms with Crippen LogP contribution >= 0.6 is 0 Å². The first-order valence-corrected chi connectivity index (χ1v) is 10.9. The second-order valence-electron chi connectivity index (χ2n) is 8.43. The summed E-state index contributed by atoms with van der Waals surface area (Å²) < 4.78 is 5.55. The Balaban J connectivity index is 2.18. The van der Waals surface area contributed by atoms with Crippen molar-refractivity contribution in [3.63, 3.8) is 0 Å². The van der Waals surface area contributed by atoms with Gasteiger partial charge in [0.15, 0.2) is 0 Å². The molecule has 0 saturated heterocycles. The van der Waals surface area contributed by atoms with E-state index in [0.717, 1.165) is 49.7 Å². The van der Waals surface area contributed by atoms with Gasteiger partial charge in [0, 0.05) is 5.92 Å². The molecule has 1 aliphatic carbocycles. The van der Waals surface area contributed by atoms with E-state index in [4.69, 9.17) is 4.74 Å². The van der Waals surface area contributed by atoms with Crippen molar-refractivity contribution in [2.75, 3.05) is 6.61 Å². The summed E-state index contributed by atoms with van der Waals surface area (Å²) in [6.07, 6.45) is 11.4. The molecule has 0 unspecified atom stereocenters. The van der Waals surface area contributed by atoms with Crippen molar-refractivity contribution in [2.24, 2.45) is 5.92 Å². The Bertz CT molecular complexity index is 799. The second-order valence-corrected chi connectivity index (χ2v) is 8.43. The van der Waals surface area contributed by atoms with Gasteiger partial charge in [-0.15, -0.1) is 0 Å². The van der Waals surface area contributed by atoms with Gasteiger partial charge >= 0.3 is 5.97 Å². The fourth-order valence-electron chi connectivity index (χ4n) is 3.72. The van der Waals surface area contributed by atoms with E-state index in [1.54, 1.807) is 12.1 Å². The van der Waals surface area contributed by atoms with Crippen LogP contribution in [-0.4, -0.2) is 23.8 Å². The molecule has 30 heavy (non-hydrogen) atoms. The van der Waals surface area contributed by atoms with Crippen LogP contribution < -0.4 is 0 Å². The van der Waals surface area contributed by atoms with E-state index in [2.05, 4.69) is 32.6 Å². The Kier molecular flexibility index (Phi) is 9.82. The lowest BCUT2D eigenvalue weighted by Crippen LogP contribution is -2.21. The molecule has 0 aliphatic heterocycles. The fraction of sp³-hybridized carbons (Fsp3) is 0.444. The number of ether oxygens (including phenoxy) is 1. The first kappa shape index (κ1) is 23.9. The van der Waals surface area contributed by atoms with Crippen LogP contribution in [-0.2, 0) is 4.74 Å². The number of hydrogen-bond donors (Lipinski definition) is 1. The number of aliphatic hydroxyl groups is 1. The predicted octanol–water partition coefficient (Wildman–Crippen LogP) is 6.57. The highest BCUT2D eigenvalue weighted by molar-refractivity contribution is 5.89. The van der Waals surface area contributed by atoms with Crippen molar-refractivity contribution in [1.82, 2.24) is 0 Å². The summed E-state index contributed by atoms with van der Waals surface area (Å²) in [4.78, 5) is 12.3. The summed E-state index contributed by atoms with van der Waals surface area (Å²) in [7, 11) is 0. The lowest BCUT2D eigenvalue weighted by molar-refractivity contribution is 0.0534. The zero-order chi connectivity index (χ0) is 21.9. The van der Waals surface area contributed by atoms with Crippen LogP contribution in [0.2, 0.25) is 0 Å². The molecule has 0 spiro atoms. The fourth-order valence-corrected chi connectivity index (χ4v) is 3.72. The summed E-state index contributed by atoms with van der Waals surface area (Å²) >= 11 is 0. The number of carbonyl (C=O) groups is 1. The maximum absolute atomic E-state index is 12.3. The minimum absolute atomic E-state index is 0.00612. The molecule has 0 bridgehead atoms. The largest absolute Gasteiger partial charge is 0.458 e. The molecule has 0 heterocycles. The molecule has 1 aromatic carbocycles. The van der Waals surface area contributed by atoms with E-state index in [1.807, 2.05) is 31.2 Å². The minimum Gasteiger partial charge on any atom is -0.458 e. The Morgan fingerprint density at radius 2 is 1.70 bits per heavy atom. The first-order valence-electron chi connectivity index (χ1n) is 10.9. The monoisotopic (exact) mass is 408 g/mol. The van der Waals surface area contributed by atoms with Crippen LogP contribution in [0.1, 0.15) is 69.7 Å². The highest BCUT2D eigenvalue weighted by atomic mass is 16.5. The maximum atomic E-state index is 12.3. The quantitative estimate of drug-likeness (QED) is 0.453. The van der Waals surface area contributed by atoms with Gasteiger partial charge in [-0.2, -0.15) is 0 Å². The van der Waals surface area contributed by atoms with E-state index in [9.17, 15) is 9.90 Å². The molecule has 0 fully saturated rings. The van der Waals surface area contributed by atoms with Crippen molar-refractivity contribution < 1.29 is 14.6 Å². The molecule has 3 heteroatoms. The van der Waals surface area contributed by atoms with E-state index in [0.29, 0.717) is 5.56 Å². The Morgan fingerprint density at radius 3 is 2.37 bits per heavy atom. The number of esters is 1. The van der Waals surface area contributed by atoms with Gasteiger partial charge in [0.1, 0.15) is 6.61 Å². The van der Waals surface area contributed by atoms with Crippen molar-refractivity contribution >= 4 is 5.97 Å². The van der Waals surface area contributed by atoms with Crippen LogP contribution in [0, 0.1) is 5.92 Å². The molecule has 1 aromatic rings. The van der Waals surface area contributed by atoms with Gasteiger partial charge in [-0.1, -0.05) is 59.7 Å². The van der Waals surface area contributed by atoms with E-state index in [1.165, 1.54) is 11.1 Å². The number of aliphatic hydroxyl groups excluding tert-OH is 1. The van der Waals surface area contributed by atoms with Crippen molar-refractivity contribution in [1.29, 1.82) is 0 Å². The number of carbonyl (C=O) groups excluding carboxylic acids is 1. The van der Waals surface area contributed by atoms with Crippen LogP contribution in [0.5, 0.6) is 0 Å². The van der Waals surface area contributed by atoms with Crippen LogP contribution in [0.25, 0.3) is 0 Å². The Morgan fingerprint density at radius 1 is 1.07 bits per heavy atom. The van der Waals surface area contributed by atoms with Gasteiger partial charge in [-0.3, -0.25) is 0 Å². The normalized spacial score (nSPS) is 26.7. The molecule has 1 N–H and O–H groups in total. The number of hydrogen-bond acceptors (Lipinski definition) is 3. The van der Waals surface area contributed by atoms with Crippen molar-refractivity contribution in [3.05, 3.63) is 83.0 Å². The third-order valence-electron chi connectivity index (χ3n) is 5.69. The summed E-state index contributed by atoms with van der Waals surface area (Å²) in [5.74, 6) is -0.345. The molecule has 0 saturated carbocycles. The molecule has 1 aliphatic rings. The van der Waals surface area contributed by atoms with E-state index >= 15 is 0 Å². The zero-order valence-electron chi connectivity index (χ0n) is 18.7. The lowest BCUT2D eigenvalue weighted by Gasteiger charge is -2.23. The summed E-state index contributed by atoms with van der Waals surface area (Å²) in [6, 6.07) is 9.01. The van der Waals surface area contributed by atoms with Crippen LogP contribution in [0.4, 0.5) is 0 Å². The number of benzene rings is 1. The van der Waals surface area contributed by atoms with Crippen LogP contribution in [0.3, 0.4) is 0 Å². The molecule has 3 nitrogen and oxygen atoms in total. The lowest BCUT2D eigenvalue weighted by atomic mass is 9.87. The molecule has 162 valence electrons. The third kappa shape index (κ3) is 8.16. The minimum atomic E-state index is -0.631. The smallest absolute Gasteiger partial charge is 0.338 e.